The minimum Gasteiger partial charge on any atom is -0.340 e. The number of amides is 2. The first-order valence-corrected chi connectivity index (χ1v) is 10.9. The van der Waals surface area contributed by atoms with Crippen LogP contribution in [0.4, 0.5) is 0 Å². The van der Waals surface area contributed by atoms with Crippen molar-refractivity contribution in [1.82, 2.24) is 14.7 Å². The van der Waals surface area contributed by atoms with Crippen molar-refractivity contribution in [2.45, 2.75) is 39.0 Å². The van der Waals surface area contributed by atoms with E-state index in [1.54, 1.807) is 11.3 Å². The summed E-state index contributed by atoms with van der Waals surface area (Å²) in [5.41, 5.74) is 1.24. The molecule has 0 saturated carbocycles. The van der Waals surface area contributed by atoms with Gasteiger partial charge in [0.25, 0.3) is 5.91 Å². The monoisotopic (exact) mass is 375 g/mol. The van der Waals surface area contributed by atoms with Gasteiger partial charge in [-0.25, -0.2) is 0 Å². The largest absolute Gasteiger partial charge is 0.340 e. The first-order valence-electron chi connectivity index (χ1n) is 10.1. The number of carbonyl (C=O) groups is 2. The van der Waals surface area contributed by atoms with Crippen LogP contribution >= 0.6 is 11.3 Å². The normalized spacial score (nSPS) is 24.0. The summed E-state index contributed by atoms with van der Waals surface area (Å²) in [6, 6.07) is 2.08. The van der Waals surface area contributed by atoms with Crippen LogP contribution in [-0.2, 0) is 17.6 Å². The zero-order valence-corrected chi connectivity index (χ0v) is 16.5. The van der Waals surface area contributed by atoms with Crippen molar-refractivity contribution in [3.8, 4) is 0 Å². The van der Waals surface area contributed by atoms with Crippen molar-refractivity contribution in [3.63, 3.8) is 0 Å². The minimum atomic E-state index is 0.0972. The summed E-state index contributed by atoms with van der Waals surface area (Å²) in [5.74, 6) is 0.616. The van der Waals surface area contributed by atoms with Crippen molar-refractivity contribution in [2.24, 2.45) is 5.92 Å². The van der Waals surface area contributed by atoms with E-state index in [0.29, 0.717) is 5.91 Å². The van der Waals surface area contributed by atoms with Crippen LogP contribution in [0.2, 0.25) is 0 Å². The lowest BCUT2D eigenvalue weighted by Crippen LogP contribution is -2.50. The Kier molecular flexibility index (Phi) is 5.32. The summed E-state index contributed by atoms with van der Waals surface area (Å²) < 4.78 is 0. The summed E-state index contributed by atoms with van der Waals surface area (Å²) >= 11 is 1.66. The Bertz CT molecular complexity index is 673. The molecule has 4 rings (SSSR count). The number of nitrogens with zero attached hydrogens (tertiary/aromatic N) is 3. The van der Waals surface area contributed by atoms with Gasteiger partial charge < -0.3 is 14.7 Å². The Morgan fingerprint density at radius 3 is 2.50 bits per heavy atom. The molecule has 3 aliphatic rings. The van der Waals surface area contributed by atoms with Crippen LogP contribution in [-0.4, -0.2) is 72.3 Å². The predicted octanol–water partition coefficient (Wildman–Crippen LogP) is 2.25. The van der Waals surface area contributed by atoms with Crippen LogP contribution in [0.1, 0.15) is 46.3 Å². The van der Waals surface area contributed by atoms with Crippen LogP contribution < -0.4 is 0 Å². The Labute approximate surface area is 159 Å². The first-order chi connectivity index (χ1) is 12.7. The average Bonchev–Trinajstić information content (AvgIpc) is 3.36. The van der Waals surface area contributed by atoms with Gasteiger partial charge in [0.2, 0.25) is 5.91 Å². The highest BCUT2D eigenvalue weighted by atomic mass is 32.1. The van der Waals surface area contributed by atoms with Crippen molar-refractivity contribution in [1.29, 1.82) is 0 Å². The standard InChI is InChI=1S/C20H29N3O2S/c1-2-21-9-11-23(12-10-21)19(24)15-5-6-17-16(13-15)14-18(26-17)20(25)22-7-3-4-8-22/h14-15H,2-13H2,1H3/t15-/m0/s1. The van der Waals surface area contributed by atoms with E-state index in [1.165, 1.54) is 10.4 Å². The number of hydrogen-bond donors (Lipinski definition) is 0. The molecule has 2 fully saturated rings. The number of hydrogen-bond acceptors (Lipinski definition) is 4. The summed E-state index contributed by atoms with van der Waals surface area (Å²) in [7, 11) is 0. The maximum atomic E-state index is 12.9. The molecule has 1 aromatic heterocycles. The van der Waals surface area contributed by atoms with E-state index < -0.39 is 0 Å². The van der Waals surface area contributed by atoms with Crippen LogP contribution in [0, 0.1) is 5.92 Å². The number of fused-ring (bicyclic) bond motifs is 1. The molecule has 2 aliphatic heterocycles. The molecule has 0 aromatic carbocycles. The van der Waals surface area contributed by atoms with E-state index in [2.05, 4.69) is 22.8 Å². The molecular weight excluding hydrogens is 346 g/mol. The lowest BCUT2D eigenvalue weighted by molar-refractivity contribution is -0.137. The molecule has 26 heavy (non-hydrogen) atoms. The molecule has 0 spiro atoms. The van der Waals surface area contributed by atoms with Crippen molar-refractivity contribution in [2.75, 3.05) is 45.8 Å². The number of aryl methyl sites for hydroxylation is 1. The molecular formula is C20H29N3O2S. The molecule has 5 nitrogen and oxygen atoms in total. The SMILES string of the molecule is CCN1CCN(C(=O)[C@H]2CCc3sc(C(=O)N4CCCC4)cc3C2)CC1. The van der Waals surface area contributed by atoms with Crippen molar-refractivity contribution < 1.29 is 9.59 Å². The van der Waals surface area contributed by atoms with Gasteiger partial charge in [-0.3, -0.25) is 9.59 Å². The van der Waals surface area contributed by atoms with Gasteiger partial charge in [0, 0.05) is 50.1 Å². The minimum absolute atomic E-state index is 0.0972. The Morgan fingerprint density at radius 2 is 1.81 bits per heavy atom. The first kappa shape index (κ1) is 18.0. The van der Waals surface area contributed by atoms with Gasteiger partial charge in [0.1, 0.15) is 0 Å². The third-order valence-corrected chi connectivity index (χ3v) is 7.39. The highest BCUT2D eigenvalue weighted by Crippen LogP contribution is 2.34. The summed E-state index contributed by atoms with van der Waals surface area (Å²) in [6.45, 7) is 8.74. The van der Waals surface area contributed by atoms with E-state index in [4.69, 9.17) is 0 Å². The molecule has 142 valence electrons. The maximum Gasteiger partial charge on any atom is 0.263 e. The highest BCUT2D eigenvalue weighted by Gasteiger charge is 2.32. The zero-order valence-electron chi connectivity index (χ0n) is 15.7. The third kappa shape index (κ3) is 3.54. The number of piperazine rings is 1. The molecule has 1 aromatic rings. The van der Waals surface area contributed by atoms with E-state index in [-0.39, 0.29) is 11.8 Å². The highest BCUT2D eigenvalue weighted by molar-refractivity contribution is 7.14. The smallest absolute Gasteiger partial charge is 0.263 e. The van der Waals surface area contributed by atoms with Gasteiger partial charge >= 0.3 is 0 Å². The quantitative estimate of drug-likeness (QED) is 0.814. The van der Waals surface area contributed by atoms with E-state index in [9.17, 15) is 9.59 Å². The van der Waals surface area contributed by atoms with Gasteiger partial charge in [-0.1, -0.05) is 6.92 Å². The molecule has 0 unspecified atom stereocenters. The number of likely N-dealkylation sites (tertiary alicyclic amines) is 1. The van der Waals surface area contributed by atoms with Crippen molar-refractivity contribution in [3.05, 3.63) is 21.4 Å². The van der Waals surface area contributed by atoms with Gasteiger partial charge in [-0.2, -0.15) is 0 Å². The fraction of sp³-hybridized carbons (Fsp3) is 0.700. The predicted molar refractivity (Wildman–Crippen MR) is 104 cm³/mol. The lowest BCUT2D eigenvalue weighted by atomic mass is 9.87. The van der Waals surface area contributed by atoms with Gasteiger partial charge in [-0.15, -0.1) is 11.3 Å². The van der Waals surface area contributed by atoms with E-state index in [0.717, 1.165) is 82.8 Å². The van der Waals surface area contributed by atoms with Crippen LogP contribution in [0.3, 0.4) is 0 Å². The Hall–Kier alpha value is -1.40. The molecule has 3 heterocycles. The van der Waals surface area contributed by atoms with Crippen LogP contribution in [0.15, 0.2) is 6.07 Å². The fourth-order valence-electron chi connectivity index (χ4n) is 4.46. The van der Waals surface area contributed by atoms with E-state index in [1.807, 2.05) is 4.90 Å². The molecule has 2 amide bonds. The second-order valence-electron chi connectivity index (χ2n) is 7.76. The maximum absolute atomic E-state index is 12.9. The number of carbonyl (C=O) groups excluding carboxylic acids is 2. The third-order valence-electron chi connectivity index (χ3n) is 6.17. The number of thiophene rings is 1. The second-order valence-corrected chi connectivity index (χ2v) is 8.89. The molecule has 1 atom stereocenters. The van der Waals surface area contributed by atoms with Gasteiger partial charge in [0.15, 0.2) is 0 Å². The molecule has 2 saturated heterocycles. The topological polar surface area (TPSA) is 43.9 Å². The second kappa shape index (κ2) is 7.69. The number of rotatable bonds is 3. The zero-order chi connectivity index (χ0) is 18.1. The summed E-state index contributed by atoms with van der Waals surface area (Å²) in [4.78, 5) is 34.2. The molecule has 1 aliphatic carbocycles. The van der Waals surface area contributed by atoms with Crippen LogP contribution in [0.25, 0.3) is 0 Å². The summed E-state index contributed by atoms with van der Waals surface area (Å²) in [5, 5.41) is 0. The summed E-state index contributed by atoms with van der Waals surface area (Å²) in [6.07, 6.45) is 4.93. The average molecular weight is 376 g/mol. The fourth-order valence-corrected chi connectivity index (χ4v) is 5.63. The lowest BCUT2D eigenvalue weighted by Gasteiger charge is -2.36. The van der Waals surface area contributed by atoms with E-state index >= 15 is 0 Å². The Balaban J connectivity index is 1.40. The van der Waals surface area contributed by atoms with Gasteiger partial charge in [0.05, 0.1) is 4.88 Å². The molecule has 0 bridgehead atoms. The molecule has 0 radical (unpaired) electrons. The molecule has 6 heteroatoms. The van der Waals surface area contributed by atoms with Crippen molar-refractivity contribution >= 4 is 23.2 Å². The number of likely N-dealkylation sites (N-methyl/N-ethyl adjacent to an activating group) is 1. The van der Waals surface area contributed by atoms with Crippen LogP contribution in [0.5, 0.6) is 0 Å². The van der Waals surface area contributed by atoms with Gasteiger partial charge in [-0.05, 0) is 50.3 Å². The molecule has 0 N–H and O–H groups in total. The Morgan fingerprint density at radius 1 is 1.08 bits per heavy atom.